The molecule has 0 bridgehead atoms. The molecule has 0 radical (unpaired) electrons. The summed E-state index contributed by atoms with van der Waals surface area (Å²) in [4.78, 5) is 12.5. The second-order valence-electron chi connectivity index (χ2n) is 4.41. The van der Waals surface area contributed by atoms with Crippen molar-refractivity contribution in [2.24, 2.45) is 0 Å². The van der Waals surface area contributed by atoms with E-state index < -0.39 is 5.97 Å². The summed E-state index contributed by atoms with van der Waals surface area (Å²) in [6.45, 7) is 4.57. The maximum atomic E-state index is 13.6. The van der Waals surface area contributed by atoms with E-state index in [1.807, 2.05) is 18.7 Å². The van der Waals surface area contributed by atoms with Gasteiger partial charge in [-0.25, -0.2) is 4.39 Å². The Balaban J connectivity index is 2.80. The molecule has 0 atom stereocenters. The highest BCUT2D eigenvalue weighted by Crippen LogP contribution is 2.21. The molecule has 0 fully saturated rings. The van der Waals surface area contributed by atoms with Crippen LogP contribution in [0.4, 0.5) is 4.39 Å². The van der Waals surface area contributed by atoms with Crippen LogP contribution >= 0.6 is 11.6 Å². The van der Waals surface area contributed by atoms with Crippen LogP contribution in [0.25, 0.3) is 0 Å². The summed E-state index contributed by atoms with van der Waals surface area (Å²) >= 11 is 5.96. The van der Waals surface area contributed by atoms with Gasteiger partial charge in [0.2, 0.25) is 0 Å². The third-order valence-corrected chi connectivity index (χ3v) is 3.12. The van der Waals surface area contributed by atoms with Crippen molar-refractivity contribution in [3.8, 4) is 0 Å². The molecule has 0 aliphatic rings. The second kappa shape index (κ2) is 6.71. The lowest BCUT2D eigenvalue weighted by Gasteiger charge is -2.26. The third-order valence-electron chi connectivity index (χ3n) is 2.77. The highest BCUT2D eigenvalue weighted by molar-refractivity contribution is 6.31. The Morgan fingerprint density at radius 1 is 1.50 bits per heavy atom. The fraction of sp³-hybridized carbons (Fsp3) is 0.462. The first-order valence-electron chi connectivity index (χ1n) is 5.80. The topological polar surface area (TPSA) is 40.5 Å². The molecule has 3 nitrogen and oxygen atoms in total. The van der Waals surface area contributed by atoms with Crippen molar-refractivity contribution in [1.82, 2.24) is 4.90 Å². The van der Waals surface area contributed by atoms with E-state index in [0.717, 1.165) is 0 Å². The molecular weight excluding hydrogens is 257 g/mol. The molecule has 100 valence electrons. The van der Waals surface area contributed by atoms with Gasteiger partial charge in [0.15, 0.2) is 0 Å². The number of halogens is 2. The van der Waals surface area contributed by atoms with Gasteiger partial charge in [0.25, 0.3) is 0 Å². The Kier molecular flexibility index (Phi) is 5.56. The summed E-state index contributed by atoms with van der Waals surface area (Å²) in [5.74, 6) is -1.22. The Bertz CT molecular complexity index is 403. The van der Waals surface area contributed by atoms with Crippen molar-refractivity contribution >= 4 is 17.6 Å². The first-order chi connectivity index (χ1) is 8.41. The second-order valence-corrected chi connectivity index (χ2v) is 4.82. The van der Waals surface area contributed by atoms with Gasteiger partial charge in [-0.15, -0.1) is 0 Å². The van der Waals surface area contributed by atoms with Gasteiger partial charge in [-0.05, 0) is 26.0 Å². The molecule has 0 aromatic heterocycles. The lowest BCUT2D eigenvalue weighted by molar-refractivity contribution is -0.137. The van der Waals surface area contributed by atoms with Gasteiger partial charge in [0.1, 0.15) is 5.82 Å². The quantitative estimate of drug-likeness (QED) is 0.865. The minimum Gasteiger partial charge on any atom is -0.481 e. The molecule has 0 saturated heterocycles. The first-order valence-corrected chi connectivity index (χ1v) is 6.18. The van der Waals surface area contributed by atoms with Crippen molar-refractivity contribution < 1.29 is 14.3 Å². The largest absolute Gasteiger partial charge is 0.481 e. The smallest absolute Gasteiger partial charge is 0.304 e. The molecule has 0 heterocycles. The van der Waals surface area contributed by atoms with E-state index in [9.17, 15) is 9.18 Å². The molecule has 0 spiro atoms. The van der Waals surface area contributed by atoms with Crippen LogP contribution in [0.5, 0.6) is 0 Å². The summed E-state index contributed by atoms with van der Waals surface area (Å²) in [6, 6.07) is 4.67. The van der Waals surface area contributed by atoms with E-state index in [2.05, 4.69) is 0 Å². The standard InChI is InChI=1S/C13H17ClFNO2/c1-9(2)16(7-6-13(17)18)8-10-11(14)4-3-5-12(10)15/h3-5,9H,6-8H2,1-2H3,(H,17,18). The normalized spacial score (nSPS) is 11.2. The fourth-order valence-corrected chi connectivity index (χ4v) is 1.87. The number of hydrogen-bond donors (Lipinski definition) is 1. The van der Waals surface area contributed by atoms with Crippen LogP contribution in [0.2, 0.25) is 5.02 Å². The van der Waals surface area contributed by atoms with Gasteiger partial charge in [0.05, 0.1) is 6.42 Å². The van der Waals surface area contributed by atoms with Crippen molar-refractivity contribution in [2.75, 3.05) is 6.54 Å². The molecule has 1 N–H and O–H groups in total. The van der Waals surface area contributed by atoms with Crippen LogP contribution in [0.3, 0.4) is 0 Å². The van der Waals surface area contributed by atoms with E-state index in [1.54, 1.807) is 12.1 Å². The Morgan fingerprint density at radius 2 is 2.17 bits per heavy atom. The van der Waals surface area contributed by atoms with E-state index in [-0.39, 0.29) is 18.3 Å². The summed E-state index contributed by atoms with van der Waals surface area (Å²) in [5.41, 5.74) is 0.415. The molecule has 1 rings (SSSR count). The fourth-order valence-electron chi connectivity index (χ4n) is 1.65. The Hall–Kier alpha value is -1.13. The highest BCUT2D eigenvalue weighted by atomic mass is 35.5. The van der Waals surface area contributed by atoms with Gasteiger partial charge in [-0.3, -0.25) is 9.69 Å². The highest BCUT2D eigenvalue weighted by Gasteiger charge is 2.16. The van der Waals surface area contributed by atoms with E-state index in [0.29, 0.717) is 23.7 Å². The van der Waals surface area contributed by atoms with Crippen LogP contribution in [-0.4, -0.2) is 28.6 Å². The molecule has 0 aliphatic carbocycles. The molecule has 0 unspecified atom stereocenters. The number of aliphatic carboxylic acids is 1. The molecule has 0 aliphatic heterocycles. The molecule has 0 saturated carbocycles. The number of benzene rings is 1. The van der Waals surface area contributed by atoms with E-state index >= 15 is 0 Å². The van der Waals surface area contributed by atoms with Crippen LogP contribution in [0.1, 0.15) is 25.8 Å². The minimum absolute atomic E-state index is 0.0320. The average molecular weight is 274 g/mol. The van der Waals surface area contributed by atoms with Gasteiger partial charge in [-0.1, -0.05) is 17.7 Å². The average Bonchev–Trinajstić information content (AvgIpc) is 2.26. The van der Waals surface area contributed by atoms with Gasteiger partial charge >= 0.3 is 5.97 Å². The number of rotatable bonds is 6. The molecule has 0 amide bonds. The van der Waals surface area contributed by atoms with Gasteiger partial charge in [-0.2, -0.15) is 0 Å². The predicted octanol–water partition coefficient (Wildman–Crippen LogP) is 3.16. The SMILES string of the molecule is CC(C)N(CCC(=O)O)Cc1c(F)cccc1Cl. The van der Waals surface area contributed by atoms with Gasteiger partial charge in [0, 0.05) is 29.7 Å². The first kappa shape index (κ1) is 14.9. The number of carboxylic acids is 1. The van der Waals surface area contributed by atoms with Crippen LogP contribution in [0.15, 0.2) is 18.2 Å². The lowest BCUT2D eigenvalue weighted by atomic mass is 10.1. The molecular formula is C13H17ClFNO2. The Morgan fingerprint density at radius 3 is 2.67 bits per heavy atom. The van der Waals surface area contributed by atoms with Crippen molar-refractivity contribution in [3.63, 3.8) is 0 Å². The number of carbonyl (C=O) groups is 1. The molecule has 1 aromatic rings. The maximum Gasteiger partial charge on any atom is 0.304 e. The maximum absolute atomic E-state index is 13.6. The zero-order valence-electron chi connectivity index (χ0n) is 10.5. The Labute approximate surface area is 111 Å². The van der Waals surface area contributed by atoms with Crippen molar-refractivity contribution in [2.45, 2.75) is 32.9 Å². The van der Waals surface area contributed by atoms with Crippen LogP contribution in [0, 0.1) is 5.82 Å². The van der Waals surface area contributed by atoms with E-state index in [1.165, 1.54) is 6.07 Å². The number of nitrogens with zero attached hydrogens (tertiary/aromatic N) is 1. The summed E-state index contributed by atoms with van der Waals surface area (Å²) in [6.07, 6.45) is 0.0320. The molecule has 1 aromatic carbocycles. The lowest BCUT2D eigenvalue weighted by Crippen LogP contribution is -2.32. The molecule has 5 heteroatoms. The van der Waals surface area contributed by atoms with Crippen LogP contribution in [-0.2, 0) is 11.3 Å². The summed E-state index contributed by atoms with van der Waals surface area (Å²) in [5, 5.41) is 9.06. The number of hydrogen-bond acceptors (Lipinski definition) is 2. The summed E-state index contributed by atoms with van der Waals surface area (Å²) < 4.78 is 13.6. The zero-order chi connectivity index (χ0) is 13.7. The zero-order valence-corrected chi connectivity index (χ0v) is 11.2. The van der Waals surface area contributed by atoms with Gasteiger partial charge < -0.3 is 5.11 Å². The summed E-state index contributed by atoms with van der Waals surface area (Å²) in [7, 11) is 0. The minimum atomic E-state index is -0.861. The monoisotopic (exact) mass is 273 g/mol. The molecule has 18 heavy (non-hydrogen) atoms. The third kappa shape index (κ3) is 4.27. The number of carboxylic acid groups (broad SMARTS) is 1. The predicted molar refractivity (Wildman–Crippen MR) is 69.2 cm³/mol. The van der Waals surface area contributed by atoms with Crippen molar-refractivity contribution in [3.05, 3.63) is 34.6 Å². The van der Waals surface area contributed by atoms with Crippen molar-refractivity contribution in [1.29, 1.82) is 0 Å². The van der Waals surface area contributed by atoms with E-state index in [4.69, 9.17) is 16.7 Å². The van der Waals surface area contributed by atoms with Crippen LogP contribution < -0.4 is 0 Å².